The summed E-state index contributed by atoms with van der Waals surface area (Å²) in [6, 6.07) is -3.89. The van der Waals surface area contributed by atoms with Crippen molar-refractivity contribution >= 4 is 35.6 Å². The Labute approximate surface area is 172 Å². The van der Waals surface area contributed by atoms with E-state index in [1.54, 1.807) is 13.8 Å². The molecule has 0 fully saturated rings. The minimum Gasteiger partial charge on any atom is -0.481 e. The fourth-order valence-electron chi connectivity index (χ4n) is 2.29. The predicted molar refractivity (Wildman–Crippen MR) is 103 cm³/mol. The van der Waals surface area contributed by atoms with E-state index in [0.717, 1.165) is 0 Å². The maximum atomic E-state index is 12.2. The molecule has 0 aliphatic heterocycles. The molecule has 0 saturated carbocycles. The van der Waals surface area contributed by atoms with E-state index in [4.69, 9.17) is 21.7 Å². The first kappa shape index (κ1) is 26.8. The highest BCUT2D eigenvalue weighted by molar-refractivity contribution is 5.94. The van der Waals surface area contributed by atoms with Crippen molar-refractivity contribution in [1.82, 2.24) is 16.0 Å². The molecule has 0 aliphatic rings. The second-order valence-electron chi connectivity index (χ2n) is 6.76. The predicted octanol–water partition coefficient (Wildman–Crippen LogP) is -2.73. The first-order valence-corrected chi connectivity index (χ1v) is 9.24. The Kier molecular flexibility index (Phi) is 11.7. The van der Waals surface area contributed by atoms with E-state index in [2.05, 4.69) is 16.0 Å². The molecule has 0 aliphatic carbocycles. The Morgan fingerprint density at radius 1 is 1.00 bits per heavy atom. The zero-order valence-electron chi connectivity index (χ0n) is 16.8. The fraction of sp³-hybridized carbons (Fsp3) is 0.647. The monoisotopic (exact) mass is 431 g/mol. The van der Waals surface area contributed by atoms with Gasteiger partial charge in [-0.25, -0.2) is 4.79 Å². The lowest BCUT2D eigenvalue weighted by molar-refractivity contribution is -0.143. The molecule has 0 radical (unpaired) electrons. The molecule has 4 amide bonds. The highest BCUT2D eigenvalue weighted by atomic mass is 16.4. The van der Waals surface area contributed by atoms with Crippen LogP contribution in [0.3, 0.4) is 0 Å². The molecule has 9 N–H and O–H groups in total. The third-order valence-electron chi connectivity index (χ3n) is 4.27. The van der Waals surface area contributed by atoms with E-state index in [-0.39, 0.29) is 18.8 Å². The van der Waals surface area contributed by atoms with Crippen LogP contribution in [0.1, 0.15) is 39.5 Å². The summed E-state index contributed by atoms with van der Waals surface area (Å²) in [5.74, 6) is -6.31. The molecule has 4 unspecified atom stereocenters. The number of hydrogen-bond acceptors (Lipinski definition) is 7. The van der Waals surface area contributed by atoms with Gasteiger partial charge in [0.15, 0.2) is 0 Å². The standard InChI is InChI=1S/C17H29N5O8/c1-3-8(2)14(17(29)30)22-12(24)7-20-16(28)10(6-13(25)26)21-15(27)9(18)4-5-11(19)23/h8-10,14H,3-7,18H2,1-2H3,(H2,19,23)(H,20,28)(H,21,27)(H,22,24)(H,25,26)(H,29,30). The van der Waals surface area contributed by atoms with Crippen LogP contribution in [0.5, 0.6) is 0 Å². The van der Waals surface area contributed by atoms with E-state index < -0.39 is 66.7 Å². The second kappa shape index (κ2) is 13.1. The number of rotatable bonds is 14. The molecule has 0 aromatic rings. The Bertz CT molecular complexity index is 669. The Hall–Kier alpha value is -3.22. The summed E-state index contributed by atoms with van der Waals surface area (Å²) in [6.45, 7) is 2.76. The van der Waals surface area contributed by atoms with Crippen molar-refractivity contribution in [3.05, 3.63) is 0 Å². The fourth-order valence-corrected chi connectivity index (χ4v) is 2.29. The van der Waals surface area contributed by atoms with Crippen LogP contribution in [-0.2, 0) is 28.8 Å². The molecule has 13 heteroatoms. The van der Waals surface area contributed by atoms with Crippen LogP contribution in [0.25, 0.3) is 0 Å². The van der Waals surface area contributed by atoms with Crippen molar-refractivity contribution in [2.45, 2.75) is 57.7 Å². The Morgan fingerprint density at radius 2 is 1.60 bits per heavy atom. The number of aliphatic carboxylic acids is 2. The van der Waals surface area contributed by atoms with Crippen LogP contribution in [0, 0.1) is 5.92 Å². The SMILES string of the molecule is CCC(C)C(NC(=O)CNC(=O)C(CC(=O)O)NC(=O)C(N)CCC(N)=O)C(=O)O. The van der Waals surface area contributed by atoms with Crippen molar-refractivity contribution in [2.24, 2.45) is 17.4 Å². The molecule has 170 valence electrons. The van der Waals surface area contributed by atoms with Crippen LogP contribution >= 0.6 is 0 Å². The van der Waals surface area contributed by atoms with Gasteiger partial charge in [-0.1, -0.05) is 20.3 Å². The van der Waals surface area contributed by atoms with Gasteiger partial charge in [0.25, 0.3) is 0 Å². The molecule has 0 aromatic heterocycles. The molecule has 0 spiro atoms. The normalized spacial score (nSPS) is 14.5. The van der Waals surface area contributed by atoms with Gasteiger partial charge in [-0.3, -0.25) is 24.0 Å². The summed E-state index contributed by atoms with van der Waals surface area (Å²) >= 11 is 0. The largest absolute Gasteiger partial charge is 0.481 e. The van der Waals surface area contributed by atoms with Crippen LogP contribution in [0.15, 0.2) is 0 Å². The Morgan fingerprint density at radius 3 is 2.07 bits per heavy atom. The van der Waals surface area contributed by atoms with Gasteiger partial charge in [-0.2, -0.15) is 0 Å². The van der Waals surface area contributed by atoms with Gasteiger partial charge in [0.05, 0.1) is 19.0 Å². The van der Waals surface area contributed by atoms with Crippen LogP contribution < -0.4 is 27.4 Å². The van der Waals surface area contributed by atoms with Crippen molar-refractivity contribution in [3.8, 4) is 0 Å². The quantitative estimate of drug-likeness (QED) is 0.151. The number of hydrogen-bond donors (Lipinski definition) is 7. The lowest BCUT2D eigenvalue weighted by atomic mass is 9.99. The lowest BCUT2D eigenvalue weighted by Gasteiger charge is -2.21. The van der Waals surface area contributed by atoms with Gasteiger partial charge < -0.3 is 37.6 Å². The number of carbonyl (C=O) groups is 6. The third-order valence-corrected chi connectivity index (χ3v) is 4.27. The van der Waals surface area contributed by atoms with Crippen molar-refractivity contribution in [2.75, 3.05) is 6.54 Å². The van der Waals surface area contributed by atoms with Gasteiger partial charge in [-0.15, -0.1) is 0 Å². The van der Waals surface area contributed by atoms with Gasteiger partial charge in [0.1, 0.15) is 12.1 Å². The summed E-state index contributed by atoms with van der Waals surface area (Å²) in [4.78, 5) is 69.1. The first-order chi connectivity index (χ1) is 13.9. The minimum atomic E-state index is -1.53. The Balaban J connectivity index is 4.89. The minimum absolute atomic E-state index is 0.100. The van der Waals surface area contributed by atoms with E-state index in [1.807, 2.05) is 0 Å². The third kappa shape index (κ3) is 10.4. The van der Waals surface area contributed by atoms with Crippen LogP contribution in [-0.4, -0.2) is 70.5 Å². The molecule has 0 bridgehead atoms. The topological polar surface area (TPSA) is 231 Å². The van der Waals surface area contributed by atoms with Crippen molar-refractivity contribution in [1.29, 1.82) is 0 Å². The molecule has 4 atom stereocenters. The van der Waals surface area contributed by atoms with Crippen LogP contribution in [0.4, 0.5) is 0 Å². The summed E-state index contributed by atoms with van der Waals surface area (Å²) in [6.07, 6.45) is -0.568. The van der Waals surface area contributed by atoms with E-state index in [9.17, 15) is 28.8 Å². The average Bonchev–Trinajstić information content (AvgIpc) is 2.66. The van der Waals surface area contributed by atoms with Gasteiger partial charge in [0, 0.05) is 6.42 Å². The van der Waals surface area contributed by atoms with Crippen molar-refractivity contribution in [3.63, 3.8) is 0 Å². The highest BCUT2D eigenvalue weighted by Crippen LogP contribution is 2.07. The van der Waals surface area contributed by atoms with E-state index in [0.29, 0.717) is 6.42 Å². The summed E-state index contributed by atoms with van der Waals surface area (Å²) in [7, 11) is 0. The number of primary amides is 1. The molecule has 0 aromatic carbocycles. The maximum Gasteiger partial charge on any atom is 0.326 e. The maximum absolute atomic E-state index is 12.2. The molecule has 0 rings (SSSR count). The van der Waals surface area contributed by atoms with Gasteiger partial charge >= 0.3 is 11.9 Å². The molecule has 30 heavy (non-hydrogen) atoms. The average molecular weight is 431 g/mol. The van der Waals surface area contributed by atoms with E-state index in [1.165, 1.54) is 0 Å². The van der Waals surface area contributed by atoms with E-state index >= 15 is 0 Å². The number of nitrogens with one attached hydrogen (secondary N) is 3. The molecule has 0 saturated heterocycles. The second-order valence-corrected chi connectivity index (χ2v) is 6.76. The zero-order valence-corrected chi connectivity index (χ0v) is 16.8. The number of carbonyl (C=O) groups excluding carboxylic acids is 4. The molecule has 0 heterocycles. The number of carboxylic acids is 2. The zero-order chi connectivity index (χ0) is 23.4. The summed E-state index contributed by atoms with van der Waals surface area (Å²) in [5, 5.41) is 24.7. The number of carboxylic acid groups (broad SMARTS) is 2. The highest BCUT2D eigenvalue weighted by Gasteiger charge is 2.28. The van der Waals surface area contributed by atoms with Crippen molar-refractivity contribution < 1.29 is 39.0 Å². The van der Waals surface area contributed by atoms with Gasteiger partial charge in [-0.05, 0) is 12.3 Å². The number of nitrogens with two attached hydrogens (primary N) is 2. The first-order valence-electron chi connectivity index (χ1n) is 9.24. The molecular weight excluding hydrogens is 402 g/mol. The summed E-state index contributed by atoms with van der Waals surface area (Å²) < 4.78 is 0. The summed E-state index contributed by atoms with van der Waals surface area (Å²) in [5.41, 5.74) is 10.5. The van der Waals surface area contributed by atoms with Crippen LogP contribution in [0.2, 0.25) is 0 Å². The smallest absolute Gasteiger partial charge is 0.326 e. The number of amides is 4. The van der Waals surface area contributed by atoms with Gasteiger partial charge in [0.2, 0.25) is 23.6 Å². The molecule has 13 nitrogen and oxygen atoms in total. The lowest BCUT2D eigenvalue weighted by Crippen LogP contribution is -2.54. The molecular formula is C17H29N5O8.